The number of hydrogen-bond acceptors (Lipinski definition) is 5. The SMILES string of the molecule is CC(C)CC(=O)N1CCN(c2ccc(NC(=O)c3ccccc3[N+](=O)[O-])cc2Cl)CC1. The molecule has 0 unspecified atom stereocenters. The van der Waals surface area contributed by atoms with Gasteiger partial charge in [-0.15, -0.1) is 0 Å². The number of rotatable bonds is 6. The van der Waals surface area contributed by atoms with Crippen molar-refractivity contribution in [3.05, 3.63) is 63.2 Å². The summed E-state index contributed by atoms with van der Waals surface area (Å²) in [6.07, 6.45) is 0.550. The van der Waals surface area contributed by atoms with E-state index in [2.05, 4.69) is 10.2 Å². The van der Waals surface area contributed by atoms with Gasteiger partial charge in [-0.3, -0.25) is 19.7 Å². The largest absolute Gasteiger partial charge is 0.367 e. The van der Waals surface area contributed by atoms with Crippen molar-refractivity contribution in [2.45, 2.75) is 20.3 Å². The average molecular weight is 445 g/mol. The Bertz CT molecular complexity index is 987. The lowest BCUT2D eigenvalue weighted by Crippen LogP contribution is -2.49. The van der Waals surface area contributed by atoms with Crippen molar-refractivity contribution in [3.8, 4) is 0 Å². The van der Waals surface area contributed by atoms with Crippen LogP contribution < -0.4 is 10.2 Å². The summed E-state index contributed by atoms with van der Waals surface area (Å²) in [4.78, 5) is 39.3. The second-order valence-corrected chi connectivity index (χ2v) is 8.27. The fraction of sp³-hybridized carbons (Fsp3) is 0.364. The monoisotopic (exact) mass is 444 g/mol. The molecule has 0 spiro atoms. The molecule has 1 heterocycles. The van der Waals surface area contributed by atoms with Crippen LogP contribution in [0.1, 0.15) is 30.6 Å². The number of halogens is 1. The zero-order valence-electron chi connectivity index (χ0n) is 17.5. The third kappa shape index (κ3) is 5.52. The number of carbonyl (C=O) groups excluding carboxylic acids is 2. The molecule has 2 aromatic rings. The zero-order valence-corrected chi connectivity index (χ0v) is 18.3. The molecule has 2 amide bonds. The number of amides is 2. The van der Waals surface area contributed by atoms with Crippen LogP contribution in [-0.2, 0) is 4.79 Å². The van der Waals surface area contributed by atoms with Crippen LogP contribution in [-0.4, -0.2) is 47.8 Å². The van der Waals surface area contributed by atoms with Gasteiger partial charge in [0.2, 0.25) is 5.91 Å². The Morgan fingerprint density at radius 3 is 2.42 bits per heavy atom. The van der Waals surface area contributed by atoms with E-state index in [1.54, 1.807) is 18.2 Å². The van der Waals surface area contributed by atoms with E-state index in [0.717, 1.165) is 5.69 Å². The molecule has 31 heavy (non-hydrogen) atoms. The van der Waals surface area contributed by atoms with Crippen molar-refractivity contribution >= 4 is 40.5 Å². The summed E-state index contributed by atoms with van der Waals surface area (Å²) in [5.41, 5.74) is 0.992. The van der Waals surface area contributed by atoms with Gasteiger partial charge in [-0.25, -0.2) is 0 Å². The molecule has 9 heteroatoms. The number of hydrogen-bond donors (Lipinski definition) is 1. The molecule has 1 saturated heterocycles. The molecule has 1 N–H and O–H groups in total. The number of nitro benzene ring substituents is 1. The fourth-order valence-corrected chi connectivity index (χ4v) is 3.84. The minimum atomic E-state index is -0.587. The van der Waals surface area contributed by atoms with Crippen molar-refractivity contribution in [2.75, 3.05) is 36.4 Å². The van der Waals surface area contributed by atoms with E-state index >= 15 is 0 Å². The molecule has 1 aliphatic rings. The van der Waals surface area contributed by atoms with Gasteiger partial charge in [-0.1, -0.05) is 37.6 Å². The van der Waals surface area contributed by atoms with E-state index in [9.17, 15) is 19.7 Å². The Labute approximate surface area is 185 Å². The number of anilines is 2. The van der Waals surface area contributed by atoms with Gasteiger partial charge < -0.3 is 15.1 Å². The summed E-state index contributed by atoms with van der Waals surface area (Å²) in [7, 11) is 0. The first kappa shape index (κ1) is 22.6. The van der Waals surface area contributed by atoms with Gasteiger partial charge in [0.15, 0.2) is 0 Å². The van der Waals surface area contributed by atoms with Crippen LogP contribution in [0.4, 0.5) is 17.1 Å². The highest BCUT2D eigenvalue weighted by Crippen LogP contribution is 2.30. The summed E-state index contributed by atoms with van der Waals surface area (Å²) < 4.78 is 0. The minimum absolute atomic E-state index is 0.0186. The Balaban J connectivity index is 1.65. The van der Waals surface area contributed by atoms with E-state index in [4.69, 9.17) is 11.6 Å². The summed E-state index contributed by atoms with van der Waals surface area (Å²) in [5.74, 6) is -0.0674. The molecular formula is C22H25ClN4O4. The normalized spacial score (nSPS) is 13.9. The fourth-order valence-electron chi connectivity index (χ4n) is 3.54. The topological polar surface area (TPSA) is 95.8 Å². The highest BCUT2D eigenvalue weighted by molar-refractivity contribution is 6.33. The molecule has 1 aliphatic heterocycles. The van der Waals surface area contributed by atoms with Gasteiger partial charge >= 0.3 is 0 Å². The first-order valence-corrected chi connectivity index (χ1v) is 10.5. The maximum atomic E-state index is 12.5. The van der Waals surface area contributed by atoms with Gasteiger partial charge in [0, 0.05) is 44.4 Å². The van der Waals surface area contributed by atoms with Crippen molar-refractivity contribution in [1.29, 1.82) is 0 Å². The van der Waals surface area contributed by atoms with Crippen molar-refractivity contribution in [3.63, 3.8) is 0 Å². The van der Waals surface area contributed by atoms with Crippen LogP contribution in [0.3, 0.4) is 0 Å². The van der Waals surface area contributed by atoms with Crippen LogP contribution in [0.2, 0.25) is 5.02 Å². The van der Waals surface area contributed by atoms with Crippen LogP contribution in [0, 0.1) is 16.0 Å². The predicted octanol–water partition coefficient (Wildman–Crippen LogP) is 4.20. The van der Waals surface area contributed by atoms with E-state index < -0.39 is 10.8 Å². The number of para-hydroxylation sites is 1. The maximum Gasteiger partial charge on any atom is 0.282 e. The van der Waals surface area contributed by atoms with E-state index in [0.29, 0.717) is 49.2 Å². The number of nitrogens with zero attached hydrogens (tertiary/aromatic N) is 3. The van der Waals surface area contributed by atoms with E-state index in [1.165, 1.54) is 18.2 Å². The molecule has 0 bridgehead atoms. The minimum Gasteiger partial charge on any atom is -0.367 e. The van der Waals surface area contributed by atoms with Crippen molar-refractivity contribution < 1.29 is 14.5 Å². The third-order valence-electron chi connectivity index (χ3n) is 5.11. The Hall–Kier alpha value is -3.13. The van der Waals surface area contributed by atoms with Crippen LogP contribution in [0.25, 0.3) is 0 Å². The summed E-state index contributed by atoms with van der Waals surface area (Å²) >= 11 is 6.46. The molecule has 164 valence electrons. The number of carbonyl (C=O) groups is 2. The highest BCUT2D eigenvalue weighted by Gasteiger charge is 2.23. The lowest BCUT2D eigenvalue weighted by atomic mass is 10.1. The molecule has 0 aliphatic carbocycles. The molecule has 0 atom stereocenters. The Kier molecular flexibility index (Phi) is 7.12. The van der Waals surface area contributed by atoms with Gasteiger partial charge in [0.1, 0.15) is 5.56 Å². The standard InChI is InChI=1S/C22H25ClN4O4/c1-15(2)13-21(28)26-11-9-25(10-12-26)20-8-7-16(14-18(20)23)24-22(29)17-5-3-4-6-19(17)27(30)31/h3-8,14-15H,9-13H2,1-2H3,(H,24,29). The predicted molar refractivity (Wildman–Crippen MR) is 121 cm³/mol. The Morgan fingerprint density at radius 1 is 1.13 bits per heavy atom. The smallest absolute Gasteiger partial charge is 0.282 e. The van der Waals surface area contributed by atoms with Crippen LogP contribution in [0.15, 0.2) is 42.5 Å². The van der Waals surface area contributed by atoms with E-state index in [-0.39, 0.29) is 17.2 Å². The number of nitro groups is 1. The van der Waals surface area contributed by atoms with Crippen molar-refractivity contribution in [2.24, 2.45) is 5.92 Å². The molecule has 3 rings (SSSR count). The van der Waals surface area contributed by atoms with Crippen LogP contribution >= 0.6 is 11.6 Å². The average Bonchev–Trinajstić information content (AvgIpc) is 2.73. The third-order valence-corrected chi connectivity index (χ3v) is 5.41. The van der Waals surface area contributed by atoms with Gasteiger partial charge in [0.25, 0.3) is 11.6 Å². The number of piperazine rings is 1. The second kappa shape index (κ2) is 9.78. The first-order chi connectivity index (χ1) is 14.8. The van der Waals surface area contributed by atoms with Crippen LogP contribution in [0.5, 0.6) is 0 Å². The molecule has 1 fully saturated rings. The molecular weight excluding hydrogens is 420 g/mol. The summed E-state index contributed by atoms with van der Waals surface area (Å²) in [5, 5.41) is 14.3. The quantitative estimate of drug-likeness (QED) is 0.532. The highest BCUT2D eigenvalue weighted by atomic mass is 35.5. The Morgan fingerprint density at radius 2 is 1.81 bits per heavy atom. The summed E-state index contributed by atoms with van der Waals surface area (Å²) in [6, 6.07) is 10.9. The zero-order chi connectivity index (χ0) is 22.5. The second-order valence-electron chi connectivity index (χ2n) is 7.86. The lowest BCUT2D eigenvalue weighted by molar-refractivity contribution is -0.385. The van der Waals surface area contributed by atoms with Gasteiger partial charge in [-0.05, 0) is 30.2 Å². The van der Waals surface area contributed by atoms with Crippen molar-refractivity contribution in [1.82, 2.24) is 4.90 Å². The lowest BCUT2D eigenvalue weighted by Gasteiger charge is -2.36. The molecule has 8 nitrogen and oxygen atoms in total. The molecule has 0 aromatic heterocycles. The van der Waals surface area contributed by atoms with Gasteiger partial charge in [-0.2, -0.15) is 0 Å². The molecule has 2 aromatic carbocycles. The maximum absolute atomic E-state index is 12.5. The summed E-state index contributed by atoms with van der Waals surface area (Å²) in [6.45, 7) is 6.68. The number of benzene rings is 2. The number of nitrogens with one attached hydrogen (secondary N) is 1. The molecule has 0 saturated carbocycles. The van der Waals surface area contributed by atoms with Gasteiger partial charge in [0.05, 0.1) is 15.6 Å². The molecule has 0 radical (unpaired) electrons. The van der Waals surface area contributed by atoms with E-state index in [1.807, 2.05) is 24.8 Å². The first-order valence-electron chi connectivity index (χ1n) is 10.1.